The molecule has 0 heterocycles. The minimum Gasteiger partial charge on any atom is -0.294 e. The number of carbonyl (C=O) groups excluding carboxylic acids is 1. The van der Waals surface area contributed by atoms with Crippen molar-refractivity contribution in [3.8, 4) is 0 Å². The molecule has 0 bridgehead atoms. The molecule has 21 heavy (non-hydrogen) atoms. The van der Waals surface area contributed by atoms with Crippen LogP contribution < -0.4 is 0 Å². The molecular formula is C20H26O. The van der Waals surface area contributed by atoms with E-state index >= 15 is 0 Å². The molecule has 1 aliphatic carbocycles. The van der Waals surface area contributed by atoms with E-state index < -0.39 is 0 Å². The van der Waals surface area contributed by atoms with E-state index in [1.165, 1.54) is 27.9 Å². The molecule has 0 amide bonds. The molecule has 1 heteroatoms. The number of hydrogen-bond donors (Lipinski definition) is 0. The Balaban J connectivity index is 2.60. The summed E-state index contributed by atoms with van der Waals surface area (Å²) < 4.78 is 0. The SMILES string of the molecule is CC(=O)c1cc(C(C)(C)C)ccc1C1=C(C)C(C)=C(C)C1. The lowest BCUT2D eigenvalue weighted by Crippen LogP contribution is -2.13. The lowest BCUT2D eigenvalue weighted by Gasteiger charge is -2.21. The molecule has 1 aromatic rings. The highest BCUT2D eigenvalue weighted by Gasteiger charge is 2.22. The van der Waals surface area contributed by atoms with Gasteiger partial charge in [-0.05, 0) is 73.4 Å². The fourth-order valence-electron chi connectivity index (χ4n) is 2.94. The second-order valence-electron chi connectivity index (χ2n) is 7.25. The van der Waals surface area contributed by atoms with Gasteiger partial charge < -0.3 is 0 Å². The van der Waals surface area contributed by atoms with Crippen LogP contribution in [0.4, 0.5) is 0 Å². The minimum absolute atomic E-state index is 0.0614. The van der Waals surface area contributed by atoms with Crippen LogP contribution in [0.25, 0.3) is 5.57 Å². The zero-order valence-corrected chi connectivity index (χ0v) is 14.3. The number of ketones is 1. The first kappa shape index (κ1) is 15.8. The number of allylic oxidation sites excluding steroid dienone is 4. The van der Waals surface area contributed by atoms with Crippen LogP contribution in [0.3, 0.4) is 0 Å². The van der Waals surface area contributed by atoms with Crippen molar-refractivity contribution >= 4 is 11.4 Å². The zero-order valence-electron chi connectivity index (χ0n) is 14.3. The minimum atomic E-state index is 0.0614. The number of benzene rings is 1. The highest BCUT2D eigenvalue weighted by Crippen LogP contribution is 2.39. The van der Waals surface area contributed by atoms with Gasteiger partial charge in [0.25, 0.3) is 0 Å². The third-order valence-corrected chi connectivity index (χ3v) is 4.69. The molecule has 1 aliphatic rings. The molecule has 0 radical (unpaired) electrons. The first-order valence-corrected chi connectivity index (χ1v) is 7.65. The van der Waals surface area contributed by atoms with Crippen molar-refractivity contribution in [2.24, 2.45) is 0 Å². The predicted molar refractivity (Wildman–Crippen MR) is 90.7 cm³/mol. The molecular weight excluding hydrogens is 256 g/mol. The smallest absolute Gasteiger partial charge is 0.160 e. The highest BCUT2D eigenvalue weighted by molar-refractivity contribution is 6.00. The van der Waals surface area contributed by atoms with Gasteiger partial charge in [0.15, 0.2) is 5.78 Å². The van der Waals surface area contributed by atoms with Gasteiger partial charge in [-0.2, -0.15) is 0 Å². The maximum absolute atomic E-state index is 12.1. The standard InChI is InChI=1S/C20H26O/c1-12-10-18(14(3)13(12)2)17-9-8-16(20(5,6)7)11-19(17)15(4)21/h8-9,11H,10H2,1-7H3. The summed E-state index contributed by atoms with van der Waals surface area (Å²) in [6, 6.07) is 6.40. The van der Waals surface area contributed by atoms with E-state index in [-0.39, 0.29) is 11.2 Å². The topological polar surface area (TPSA) is 17.1 Å². The van der Waals surface area contributed by atoms with Crippen LogP contribution >= 0.6 is 0 Å². The molecule has 0 saturated carbocycles. The summed E-state index contributed by atoms with van der Waals surface area (Å²) in [6.07, 6.45) is 0.965. The molecule has 0 fully saturated rings. The molecule has 0 spiro atoms. The van der Waals surface area contributed by atoms with E-state index in [0.717, 1.165) is 17.5 Å². The predicted octanol–water partition coefficient (Wildman–Crippen LogP) is 5.70. The van der Waals surface area contributed by atoms with Crippen molar-refractivity contribution in [2.45, 2.75) is 60.3 Å². The molecule has 1 nitrogen and oxygen atoms in total. The lowest BCUT2D eigenvalue weighted by molar-refractivity contribution is 0.101. The van der Waals surface area contributed by atoms with Crippen LogP contribution in [0.2, 0.25) is 0 Å². The largest absolute Gasteiger partial charge is 0.294 e. The lowest BCUT2D eigenvalue weighted by atomic mass is 9.83. The van der Waals surface area contributed by atoms with Gasteiger partial charge in [0, 0.05) is 5.56 Å². The molecule has 0 aliphatic heterocycles. The first-order chi connectivity index (χ1) is 9.62. The van der Waals surface area contributed by atoms with Gasteiger partial charge >= 0.3 is 0 Å². The van der Waals surface area contributed by atoms with Crippen LogP contribution in [0.15, 0.2) is 34.9 Å². The van der Waals surface area contributed by atoms with Crippen LogP contribution in [0, 0.1) is 0 Å². The maximum atomic E-state index is 12.1. The fraction of sp³-hybridized carbons (Fsp3) is 0.450. The van der Waals surface area contributed by atoms with Gasteiger partial charge in [0.2, 0.25) is 0 Å². The van der Waals surface area contributed by atoms with Crippen molar-refractivity contribution < 1.29 is 4.79 Å². The molecule has 0 saturated heterocycles. The van der Waals surface area contributed by atoms with Gasteiger partial charge in [-0.15, -0.1) is 0 Å². The Morgan fingerprint density at radius 1 is 1.05 bits per heavy atom. The highest BCUT2D eigenvalue weighted by atomic mass is 16.1. The number of hydrogen-bond acceptors (Lipinski definition) is 1. The van der Waals surface area contributed by atoms with Crippen molar-refractivity contribution in [1.82, 2.24) is 0 Å². The van der Waals surface area contributed by atoms with E-state index in [4.69, 9.17) is 0 Å². The van der Waals surface area contributed by atoms with Crippen LogP contribution in [0.1, 0.15) is 76.4 Å². The van der Waals surface area contributed by atoms with Gasteiger partial charge in [0.05, 0.1) is 0 Å². The van der Waals surface area contributed by atoms with E-state index in [9.17, 15) is 4.79 Å². The monoisotopic (exact) mass is 282 g/mol. The summed E-state index contributed by atoms with van der Waals surface area (Å²) in [5, 5.41) is 0. The summed E-state index contributed by atoms with van der Waals surface area (Å²) in [6.45, 7) is 14.7. The Morgan fingerprint density at radius 3 is 2.10 bits per heavy atom. The van der Waals surface area contributed by atoms with E-state index in [2.05, 4.69) is 59.7 Å². The third-order valence-electron chi connectivity index (χ3n) is 4.69. The van der Waals surface area contributed by atoms with Crippen LogP contribution in [0.5, 0.6) is 0 Å². The summed E-state index contributed by atoms with van der Waals surface area (Å²) in [5.74, 6) is 0.151. The molecule has 0 N–H and O–H groups in total. The van der Waals surface area contributed by atoms with E-state index in [0.29, 0.717) is 0 Å². The zero-order chi connectivity index (χ0) is 15.9. The summed E-state index contributed by atoms with van der Waals surface area (Å²) in [4.78, 5) is 12.1. The van der Waals surface area contributed by atoms with E-state index in [1.54, 1.807) is 6.92 Å². The molecule has 112 valence electrons. The van der Waals surface area contributed by atoms with E-state index in [1.807, 2.05) is 0 Å². The fourth-order valence-corrected chi connectivity index (χ4v) is 2.94. The van der Waals surface area contributed by atoms with Crippen molar-refractivity contribution in [3.63, 3.8) is 0 Å². The van der Waals surface area contributed by atoms with Crippen molar-refractivity contribution in [1.29, 1.82) is 0 Å². The Labute approximate surface area is 128 Å². The average molecular weight is 282 g/mol. The molecule has 0 aromatic heterocycles. The Hall–Kier alpha value is -1.63. The summed E-state index contributed by atoms with van der Waals surface area (Å²) in [7, 11) is 0. The Kier molecular flexibility index (Phi) is 3.97. The average Bonchev–Trinajstić information content (AvgIpc) is 2.64. The third kappa shape index (κ3) is 2.88. The van der Waals surface area contributed by atoms with Gasteiger partial charge in [0.1, 0.15) is 0 Å². The molecule has 1 aromatic carbocycles. The normalized spacial score (nSPS) is 16.0. The molecule has 0 atom stereocenters. The van der Waals surface area contributed by atoms with Crippen LogP contribution in [-0.2, 0) is 5.41 Å². The Bertz CT molecular complexity index is 664. The van der Waals surface area contributed by atoms with Crippen LogP contribution in [-0.4, -0.2) is 5.78 Å². The molecule has 2 rings (SSSR count). The first-order valence-electron chi connectivity index (χ1n) is 7.65. The van der Waals surface area contributed by atoms with Gasteiger partial charge in [-0.3, -0.25) is 4.79 Å². The van der Waals surface area contributed by atoms with Crippen molar-refractivity contribution in [2.75, 3.05) is 0 Å². The Morgan fingerprint density at radius 2 is 1.67 bits per heavy atom. The number of carbonyl (C=O) groups is 1. The number of rotatable bonds is 2. The summed E-state index contributed by atoms with van der Waals surface area (Å²) in [5.41, 5.74) is 8.69. The second-order valence-corrected chi connectivity index (χ2v) is 7.25. The maximum Gasteiger partial charge on any atom is 0.160 e. The van der Waals surface area contributed by atoms with Gasteiger partial charge in [-0.25, -0.2) is 0 Å². The summed E-state index contributed by atoms with van der Waals surface area (Å²) >= 11 is 0. The quantitative estimate of drug-likeness (QED) is 0.636. The van der Waals surface area contributed by atoms with Gasteiger partial charge in [-0.1, -0.05) is 38.5 Å². The molecule has 0 unspecified atom stereocenters. The van der Waals surface area contributed by atoms with Crippen molar-refractivity contribution in [3.05, 3.63) is 51.6 Å². The number of Topliss-reactive ketones (excluding diaryl/α,β-unsaturated/α-hetero) is 1. The second kappa shape index (κ2) is 5.29.